The molecule has 0 saturated carbocycles. The quantitative estimate of drug-likeness (QED) is 0.608. The summed E-state index contributed by atoms with van der Waals surface area (Å²) < 4.78 is 11.0. The number of pyridine rings is 1. The second kappa shape index (κ2) is 3.78. The van der Waals surface area contributed by atoms with Gasteiger partial charge in [0.2, 0.25) is 0 Å². The Balaban J connectivity index is 2.53. The van der Waals surface area contributed by atoms with Gasteiger partial charge in [-0.3, -0.25) is 4.98 Å². The van der Waals surface area contributed by atoms with Crippen molar-refractivity contribution >= 4 is 38.7 Å². The van der Waals surface area contributed by atoms with E-state index in [4.69, 9.17) is 13.5 Å². The fourth-order valence-corrected chi connectivity index (χ4v) is 2.09. The van der Waals surface area contributed by atoms with E-state index in [9.17, 15) is 0 Å². The third-order valence-electron chi connectivity index (χ3n) is 2.58. The summed E-state index contributed by atoms with van der Waals surface area (Å²) in [5.41, 5.74) is 2.59. The molecule has 17 heavy (non-hydrogen) atoms. The first kappa shape index (κ1) is 10.2. The highest BCUT2D eigenvalue weighted by atomic mass is 27.1. The van der Waals surface area contributed by atoms with Crippen LogP contribution in [-0.4, -0.2) is 21.6 Å². The normalized spacial score (nSPS) is 10.5. The molecule has 0 fully saturated rings. The highest BCUT2D eigenvalue weighted by molar-refractivity contribution is 6.09. The summed E-state index contributed by atoms with van der Waals surface area (Å²) >= 11 is 1.36. The fraction of sp³-hybridized carbons (Fsp3) is 0. The maximum absolute atomic E-state index is 8.93. The Kier molecular flexibility index (Phi) is 2.26. The Morgan fingerprint density at radius 2 is 2.24 bits per heavy atom. The second-order valence-electron chi connectivity index (χ2n) is 3.56. The zero-order valence-electron chi connectivity index (χ0n) is 8.80. The van der Waals surface area contributed by atoms with Crippen LogP contribution in [0.2, 0.25) is 0 Å². The zero-order valence-corrected chi connectivity index (χ0v) is 10.2. The van der Waals surface area contributed by atoms with E-state index in [1.54, 1.807) is 18.3 Å². The van der Waals surface area contributed by atoms with Crippen molar-refractivity contribution in [3.63, 3.8) is 0 Å². The highest BCUT2D eigenvalue weighted by Gasteiger charge is 2.13. The lowest BCUT2D eigenvalue weighted by Gasteiger charge is -2.03. The Morgan fingerprint density at radius 1 is 1.35 bits per heavy atom. The van der Waals surface area contributed by atoms with Gasteiger partial charge in [0.05, 0.1) is 22.8 Å². The Morgan fingerprint density at radius 3 is 3.00 bits per heavy atom. The topological polar surface area (TPSA) is 59.0 Å². The van der Waals surface area contributed by atoms with Gasteiger partial charge >= 0.3 is 16.6 Å². The van der Waals surface area contributed by atoms with Crippen molar-refractivity contribution in [3.8, 4) is 11.8 Å². The zero-order chi connectivity index (χ0) is 11.8. The van der Waals surface area contributed by atoms with Crippen molar-refractivity contribution in [3.05, 3.63) is 36.0 Å². The molecule has 1 aromatic carbocycles. The monoisotopic (exact) mass is 237 g/mol. The Hall–Kier alpha value is -2.01. The minimum atomic E-state index is 0.512. The van der Waals surface area contributed by atoms with Crippen molar-refractivity contribution in [2.75, 3.05) is 0 Å². The summed E-state index contributed by atoms with van der Waals surface area (Å²) in [5, 5.41) is 9.75. The van der Waals surface area contributed by atoms with Crippen LogP contribution in [0, 0.1) is 11.3 Å². The number of aromatic nitrogens is 1. The summed E-state index contributed by atoms with van der Waals surface area (Å²) in [6.45, 7) is 0. The first-order valence-electron chi connectivity index (χ1n) is 4.97. The van der Waals surface area contributed by atoms with Crippen LogP contribution in [0.15, 0.2) is 34.9 Å². The van der Waals surface area contributed by atoms with Crippen LogP contribution >= 0.6 is 0 Å². The van der Waals surface area contributed by atoms with Crippen LogP contribution in [-0.2, 0) is 0 Å². The Bertz CT molecular complexity index is 758. The summed E-state index contributed by atoms with van der Waals surface area (Å²) in [6, 6.07) is 9.12. The van der Waals surface area contributed by atoms with E-state index in [-0.39, 0.29) is 0 Å². The minimum absolute atomic E-state index is 0.512. The number of nitriles is 1. The van der Waals surface area contributed by atoms with Crippen molar-refractivity contribution < 1.29 is 8.21 Å². The van der Waals surface area contributed by atoms with Crippen LogP contribution in [0.3, 0.4) is 0 Å². The van der Waals surface area contributed by atoms with Gasteiger partial charge in [0.25, 0.3) is 0 Å². The predicted octanol–water partition coefficient (Wildman–Crippen LogP) is 2.05. The van der Waals surface area contributed by atoms with Crippen LogP contribution in [0.1, 0.15) is 5.56 Å². The van der Waals surface area contributed by atoms with Crippen LogP contribution in [0.25, 0.3) is 22.1 Å². The van der Waals surface area contributed by atoms with Crippen LogP contribution < -0.4 is 3.79 Å². The first-order valence-corrected chi connectivity index (χ1v) is 5.54. The van der Waals surface area contributed by atoms with E-state index in [1.165, 1.54) is 16.6 Å². The van der Waals surface area contributed by atoms with Gasteiger partial charge in [-0.1, -0.05) is 0 Å². The number of fused-ring (bicyclic) bond motifs is 3. The van der Waals surface area contributed by atoms with Gasteiger partial charge in [0.15, 0.2) is 5.58 Å². The molecule has 0 spiro atoms. The van der Waals surface area contributed by atoms with E-state index in [2.05, 4.69) is 11.1 Å². The molecule has 3 aromatic rings. The van der Waals surface area contributed by atoms with Gasteiger partial charge in [-0.2, -0.15) is 5.26 Å². The van der Waals surface area contributed by atoms with Gasteiger partial charge < -0.3 is 8.21 Å². The van der Waals surface area contributed by atoms with Crippen molar-refractivity contribution in [2.24, 2.45) is 0 Å². The Labute approximate surface area is 105 Å². The number of hydrogen-bond acceptors (Lipinski definition) is 4. The van der Waals surface area contributed by atoms with Gasteiger partial charge in [-0.15, -0.1) is 0 Å². The lowest BCUT2D eigenvalue weighted by atomic mass is 10.1. The van der Waals surface area contributed by atoms with Crippen molar-refractivity contribution in [1.82, 2.24) is 4.98 Å². The molecule has 1 radical (unpaired) electrons. The van der Waals surface area contributed by atoms with Crippen molar-refractivity contribution in [2.45, 2.75) is 0 Å². The predicted molar refractivity (Wildman–Crippen MR) is 64.0 cm³/mol. The molecule has 0 aliphatic rings. The maximum atomic E-state index is 8.93. The summed E-state index contributed by atoms with van der Waals surface area (Å²) in [6.07, 6.45) is 1.71. The van der Waals surface area contributed by atoms with Crippen LogP contribution in [0.4, 0.5) is 0 Å². The van der Waals surface area contributed by atoms with E-state index < -0.39 is 0 Å². The van der Waals surface area contributed by atoms with E-state index >= 15 is 0 Å². The molecule has 0 amide bonds. The highest BCUT2D eigenvalue weighted by Crippen LogP contribution is 2.34. The molecule has 0 bridgehead atoms. The molecule has 79 valence electrons. The molecule has 2 aromatic heterocycles. The van der Waals surface area contributed by atoms with Gasteiger partial charge in [0, 0.05) is 6.20 Å². The van der Waals surface area contributed by atoms with Gasteiger partial charge in [-0.25, -0.2) is 0 Å². The second-order valence-corrected chi connectivity index (χ2v) is 3.84. The van der Waals surface area contributed by atoms with Crippen LogP contribution in [0.5, 0.6) is 5.75 Å². The number of benzene rings is 1. The third kappa shape index (κ3) is 1.47. The average Bonchev–Trinajstić information content (AvgIpc) is 2.75. The SMILES string of the molecule is N#Cc1cc([O][AlH])c2c(c1)oc1cccnc12. The molecule has 0 aliphatic carbocycles. The molecule has 0 N–H and O–H groups in total. The molecule has 2 heterocycles. The molecule has 4 nitrogen and oxygen atoms in total. The standard InChI is InChI=1S/C12H6N2O2.Al.H/c13-6-7-4-8(15)11-10(5-7)16-9-2-1-3-14-12(9)11;;/h1-5,15H;;/q;+1;/p-1. The molecule has 0 saturated heterocycles. The molecular weight excluding hydrogens is 231 g/mol. The summed E-state index contributed by atoms with van der Waals surface area (Å²) in [5.74, 6) is 0.620. The molecule has 0 aliphatic heterocycles. The molecular formula is C12H6AlN2O2. The first-order chi connectivity index (χ1) is 8.33. The lowest BCUT2D eigenvalue weighted by molar-refractivity contribution is 0.621. The smallest absolute Gasteiger partial charge is 0.494 e. The molecule has 0 unspecified atom stereocenters. The maximum Gasteiger partial charge on any atom is 0.494 e. The molecule has 5 heteroatoms. The van der Waals surface area contributed by atoms with Crippen molar-refractivity contribution in [1.29, 1.82) is 5.26 Å². The third-order valence-corrected chi connectivity index (χ3v) is 2.89. The van der Waals surface area contributed by atoms with E-state index in [0.29, 0.717) is 22.5 Å². The number of hydrogen-bond donors (Lipinski definition) is 0. The van der Waals surface area contributed by atoms with Gasteiger partial charge in [-0.05, 0) is 24.3 Å². The molecule has 0 atom stereocenters. The van der Waals surface area contributed by atoms with E-state index in [0.717, 1.165) is 10.9 Å². The minimum Gasteiger partial charge on any atom is -0.650 e. The largest absolute Gasteiger partial charge is 0.650 e. The average molecular weight is 237 g/mol. The number of rotatable bonds is 1. The summed E-state index contributed by atoms with van der Waals surface area (Å²) in [7, 11) is 0. The van der Waals surface area contributed by atoms with Gasteiger partial charge in [0.1, 0.15) is 11.1 Å². The fourth-order valence-electron chi connectivity index (χ4n) is 1.86. The molecule has 3 rings (SSSR count). The van der Waals surface area contributed by atoms with E-state index in [1.807, 2.05) is 12.1 Å². The number of furan rings is 1. The lowest BCUT2D eigenvalue weighted by Crippen LogP contribution is -1.87. The summed E-state index contributed by atoms with van der Waals surface area (Å²) in [4.78, 5) is 4.28. The number of nitrogens with zero attached hydrogens (tertiary/aromatic N) is 2.